The average molecular weight is 703 g/mol. The number of carbonyl (C=O) groups is 9. The highest BCUT2D eigenvalue weighted by Crippen LogP contribution is 2.21. The van der Waals surface area contributed by atoms with Gasteiger partial charge in [0.15, 0.2) is 0 Å². The number of likely N-dealkylation sites (tertiary alicyclic amines) is 1. The molecule has 48 heavy (non-hydrogen) atoms. The minimum absolute atomic E-state index is 0.165. The molecule has 0 unspecified atom stereocenters. The molecule has 0 bridgehead atoms. The first-order valence-electron chi connectivity index (χ1n) is 15.4. The largest absolute Gasteiger partial charge is 0.481 e. The van der Waals surface area contributed by atoms with Crippen LogP contribution in [-0.4, -0.2) is 122 Å². The van der Waals surface area contributed by atoms with Crippen molar-refractivity contribution in [1.82, 2.24) is 31.5 Å². The molecule has 1 heterocycles. The van der Waals surface area contributed by atoms with E-state index < -0.39 is 114 Å². The molecule has 18 nitrogen and oxygen atoms in total. The Bertz CT molecular complexity index is 1230. The first kappa shape index (κ1) is 41.6. The minimum atomic E-state index is -1.78. The molecule has 0 aromatic carbocycles. The van der Waals surface area contributed by atoms with E-state index in [0.29, 0.717) is 12.8 Å². The van der Waals surface area contributed by atoms with E-state index in [9.17, 15) is 53.4 Å². The van der Waals surface area contributed by atoms with Crippen molar-refractivity contribution >= 4 is 66.0 Å². The van der Waals surface area contributed by atoms with Crippen LogP contribution in [-0.2, 0) is 43.2 Å². The van der Waals surface area contributed by atoms with Crippen LogP contribution in [0, 0.1) is 11.8 Å². The zero-order valence-electron chi connectivity index (χ0n) is 27.5. The molecule has 1 saturated heterocycles. The third-order valence-electron chi connectivity index (χ3n) is 7.74. The number of carbonyl (C=O) groups excluding carboxylic acids is 6. The van der Waals surface area contributed by atoms with Gasteiger partial charge in [0.1, 0.15) is 36.3 Å². The summed E-state index contributed by atoms with van der Waals surface area (Å²) in [5.74, 6) is -10.6. The summed E-state index contributed by atoms with van der Waals surface area (Å²) in [6.45, 7) is 7.82. The van der Waals surface area contributed by atoms with Crippen molar-refractivity contribution in [2.45, 2.75) is 103 Å². The maximum atomic E-state index is 13.7. The van der Waals surface area contributed by atoms with Gasteiger partial charge in [0.2, 0.25) is 35.4 Å². The Labute approximate surface area is 282 Å². The molecule has 8 N–H and O–H groups in total. The Hall–Kier alpha value is -4.42. The van der Waals surface area contributed by atoms with E-state index in [1.165, 1.54) is 4.90 Å². The van der Waals surface area contributed by atoms with Gasteiger partial charge in [0, 0.05) is 19.2 Å². The van der Waals surface area contributed by atoms with Crippen LogP contribution in [0.15, 0.2) is 0 Å². The van der Waals surface area contributed by atoms with Crippen molar-refractivity contribution in [3.8, 4) is 0 Å². The zero-order chi connectivity index (χ0) is 36.9. The van der Waals surface area contributed by atoms with Gasteiger partial charge in [0.05, 0.1) is 12.8 Å². The molecule has 0 aromatic heterocycles. The Morgan fingerprint density at radius 3 is 1.73 bits per heavy atom. The number of nitrogens with one attached hydrogen (secondary N) is 5. The normalized spacial score (nSPS) is 17.9. The standard InChI is InChI=1S/C29H46N6O12S/c1-6-14(4)23(34-25(42)17(11-21(39)40)31-24(41)16(10-20(37)38)30-15(5)36)27(44)33-22(13(2)3)28(45)35-9-7-8-19(35)26(43)32-18(12-48)29(46)47/h13-14,16-19,22-23,48H,6-12H2,1-5H3,(H,30,36)(H,31,41)(H,32,43)(H,33,44)(H,34,42)(H,37,38)(H,39,40)(H,46,47)/t14-,16-,17-,18-,19-,22+,23-/m0/s1. The molecule has 19 heteroatoms. The Morgan fingerprint density at radius 1 is 0.750 bits per heavy atom. The molecule has 0 aromatic rings. The minimum Gasteiger partial charge on any atom is -0.481 e. The van der Waals surface area contributed by atoms with Gasteiger partial charge in [-0.15, -0.1) is 0 Å². The molecular formula is C29H46N6O12S. The number of nitrogens with zero attached hydrogens (tertiary/aromatic N) is 1. The molecule has 270 valence electrons. The molecule has 1 aliphatic heterocycles. The van der Waals surface area contributed by atoms with Crippen LogP contribution in [0.5, 0.6) is 0 Å². The van der Waals surface area contributed by atoms with Crippen LogP contribution in [0.1, 0.15) is 66.7 Å². The number of amides is 6. The smallest absolute Gasteiger partial charge is 0.327 e. The SMILES string of the molecule is CC[C@H](C)[C@H](NC(=O)[C@H](CC(=O)O)NC(=O)[C@H](CC(=O)O)NC(C)=O)C(=O)N[C@@H](C(=O)N1CCC[C@H]1C(=O)N[C@@H](CS)C(=O)O)C(C)C. The zero-order valence-corrected chi connectivity index (χ0v) is 28.4. The van der Waals surface area contributed by atoms with E-state index in [0.717, 1.165) is 6.92 Å². The van der Waals surface area contributed by atoms with Gasteiger partial charge in [-0.05, 0) is 24.7 Å². The van der Waals surface area contributed by atoms with Gasteiger partial charge >= 0.3 is 17.9 Å². The number of thiol groups is 1. The second kappa shape index (κ2) is 19.4. The van der Waals surface area contributed by atoms with E-state index in [4.69, 9.17) is 5.11 Å². The summed E-state index contributed by atoms with van der Waals surface area (Å²) >= 11 is 3.94. The fourth-order valence-corrected chi connectivity index (χ4v) is 5.18. The topological polar surface area (TPSA) is 278 Å². The lowest BCUT2D eigenvalue weighted by Crippen LogP contribution is -2.61. The van der Waals surface area contributed by atoms with Crippen LogP contribution < -0.4 is 26.6 Å². The summed E-state index contributed by atoms with van der Waals surface area (Å²) in [6.07, 6.45) is -0.772. The molecule has 1 rings (SSSR count). The van der Waals surface area contributed by atoms with Crippen LogP contribution >= 0.6 is 12.6 Å². The van der Waals surface area contributed by atoms with Gasteiger partial charge in [-0.2, -0.15) is 12.6 Å². The number of hydrogen-bond donors (Lipinski definition) is 9. The summed E-state index contributed by atoms with van der Waals surface area (Å²) in [6, 6.07) is -8.19. The molecule has 0 radical (unpaired) electrons. The fraction of sp³-hybridized carbons (Fsp3) is 0.690. The quantitative estimate of drug-likeness (QED) is 0.0667. The van der Waals surface area contributed by atoms with E-state index in [2.05, 4.69) is 39.2 Å². The predicted octanol–water partition coefficient (Wildman–Crippen LogP) is -1.91. The number of aliphatic carboxylic acids is 3. The fourth-order valence-electron chi connectivity index (χ4n) is 4.93. The highest BCUT2D eigenvalue weighted by molar-refractivity contribution is 7.80. The molecule has 0 spiro atoms. The van der Waals surface area contributed by atoms with E-state index >= 15 is 0 Å². The monoisotopic (exact) mass is 702 g/mol. The van der Waals surface area contributed by atoms with Crippen LogP contribution in [0.3, 0.4) is 0 Å². The van der Waals surface area contributed by atoms with Gasteiger partial charge in [-0.1, -0.05) is 34.1 Å². The van der Waals surface area contributed by atoms with Crippen molar-refractivity contribution in [2.75, 3.05) is 12.3 Å². The highest BCUT2D eigenvalue weighted by atomic mass is 32.1. The van der Waals surface area contributed by atoms with Crippen LogP contribution in [0.4, 0.5) is 0 Å². The van der Waals surface area contributed by atoms with Crippen LogP contribution in [0.25, 0.3) is 0 Å². The lowest BCUT2D eigenvalue weighted by Gasteiger charge is -2.33. The Morgan fingerprint density at radius 2 is 1.27 bits per heavy atom. The van der Waals surface area contributed by atoms with Gasteiger partial charge in [-0.25, -0.2) is 4.79 Å². The van der Waals surface area contributed by atoms with Crippen molar-refractivity contribution in [3.05, 3.63) is 0 Å². The van der Waals surface area contributed by atoms with Gasteiger partial charge in [-0.3, -0.25) is 38.4 Å². The predicted molar refractivity (Wildman–Crippen MR) is 170 cm³/mol. The van der Waals surface area contributed by atoms with Crippen LogP contribution in [0.2, 0.25) is 0 Å². The molecule has 0 aliphatic carbocycles. The van der Waals surface area contributed by atoms with E-state index in [-0.39, 0.29) is 18.7 Å². The highest BCUT2D eigenvalue weighted by Gasteiger charge is 2.41. The van der Waals surface area contributed by atoms with Gasteiger partial charge < -0.3 is 46.8 Å². The summed E-state index contributed by atoms with van der Waals surface area (Å²) in [4.78, 5) is 113. The summed E-state index contributed by atoms with van der Waals surface area (Å²) in [5, 5.41) is 39.5. The van der Waals surface area contributed by atoms with Crippen molar-refractivity contribution in [3.63, 3.8) is 0 Å². The maximum Gasteiger partial charge on any atom is 0.327 e. The summed E-state index contributed by atoms with van der Waals surface area (Å²) < 4.78 is 0. The first-order chi connectivity index (χ1) is 22.3. The lowest BCUT2D eigenvalue weighted by atomic mass is 9.95. The number of rotatable bonds is 19. The number of hydrogen-bond acceptors (Lipinski definition) is 10. The third kappa shape index (κ3) is 12.6. The second-order valence-corrected chi connectivity index (χ2v) is 12.2. The molecule has 1 aliphatic rings. The third-order valence-corrected chi connectivity index (χ3v) is 8.11. The molecular weight excluding hydrogens is 656 g/mol. The molecule has 6 amide bonds. The number of carboxylic acid groups (broad SMARTS) is 3. The maximum absolute atomic E-state index is 13.7. The van der Waals surface area contributed by atoms with E-state index in [1.54, 1.807) is 27.7 Å². The Kier molecular flexibility index (Phi) is 16.8. The summed E-state index contributed by atoms with van der Waals surface area (Å²) in [7, 11) is 0. The molecule has 0 saturated carbocycles. The molecule has 7 atom stereocenters. The summed E-state index contributed by atoms with van der Waals surface area (Å²) in [5.41, 5.74) is 0. The van der Waals surface area contributed by atoms with Crippen molar-refractivity contribution in [1.29, 1.82) is 0 Å². The van der Waals surface area contributed by atoms with Crippen molar-refractivity contribution < 1.29 is 58.5 Å². The van der Waals surface area contributed by atoms with Crippen molar-refractivity contribution in [2.24, 2.45) is 11.8 Å². The van der Waals surface area contributed by atoms with Gasteiger partial charge in [0.25, 0.3) is 0 Å². The molecule has 1 fully saturated rings. The first-order valence-corrected chi connectivity index (χ1v) is 16.0. The Balaban J connectivity index is 3.23. The number of carboxylic acids is 3. The second-order valence-electron chi connectivity index (χ2n) is 11.9. The average Bonchev–Trinajstić information content (AvgIpc) is 3.48. The van der Waals surface area contributed by atoms with E-state index in [1.807, 2.05) is 0 Å². The lowest BCUT2D eigenvalue weighted by molar-refractivity contribution is -0.145.